The summed E-state index contributed by atoms with van der Waals surface area (Å²) < 4.78 is 5.93. The molecule has 1 fully saturated rings. The van der Waals surface area contributed by atoms with Gasteiger partial charge < -0.3 is 9.64 Å². The Morgan fingerprint density at radius 1 is 1.09 bits per heavy atom. The Bertz CT molecular complexity index is 1300. The third-order valence-corrected chi connectivity index (χ3v) is 7.10. The van der Waals surface area contributed by atoms with Crippen molar-refractivity contribution in [1.29, 1.82) is 5.26 Å². The lowest BCUT2D eigenvalue weighted by Gasteiger charge is -2.29. The number of carbonyl (C=O) groups is 1. The highest BCUT2D eigenvalue weighted by molar-refractivity contribution is 7.80. The van der Waals surface area contributed by atoms with Crippen LogP contribution in [0.2, 0.25) is 5.02 Å². The lowest BCUT2D eigenvalue weighted by Crippen LogP contribution is -2.44. The Balaban J connectivity index is 1.40. The first-order valence-corrected chi connectivity index (χ1v) is 12.0. The SMILES string of the molecule is Cc1c(N2C(=O)C(C)(C)N(CCCOc3ccc(-c4ccncc4)cc3)C2=S)ccc(C#N)c1Cl. The molecule has 3 aromatic rings. The Kier molecular flexibility index (Phi) is 7.06. The van der Waals surface area contributed by atoms with Crippen LogP contribution in [0.25, 0.3) is 11.1 Å². The van der Waals surface area contributed by atoms with Crippen LogP contribution in [0, 0.1) is 18.3 Å². The van der Waals surface area contributed by atoms with Crippen LogP contribution in [0.5, 0.6) is 5.75 Å². The zero-order valence-corrected chi connectivity index (χ0v) is 21.4. The molecule has 0 unspecified atom stereocenters. The average Bonchev–Trinajstić information content (AvgIpc) is 3.03. The summed E-state index contributed by atoms with van der Waals surface area (Å²) in [6.45, 7) is 6.56. The Hall–Kier alpha value is -3.47. The molecule has 0 N–H and O–H groups in total. The summed E-state index contributed by atoms with van der Waals surface area (Å²) in [5.41, 5.74) is 3.01. The summed E-state index contributed by atoms with van der Waals surface area (Å²) in [4.78, 5) is 20.8. The number of hydrogen-bond donors (Lipinski definition) is 0. The van der Waals surface area contributed by atoms with E-state index in [1.807, 2.05) is 55.1 Å². The highest BCUT2D eigenvalue weighted by Crippen LogP contribution is 2.37. The molecular formula is C27H25ClN4O2S. The van der Waals surface area contributed by atoms with Gasteiger partial charge in [0.15, 0.2) is 5.11 Å². The fourth-order valence-electron chi connectivity index (χ4n) is 4.13. The molecule has 8 heteroatoms. The first-order valence-electron chi connectivity index (χ1n) is 11.2. The van der Waals surface area contributed by atoms with Crippen molar-refractivity contribution < 1.29 is 9.53 Å². The number of halogens is 1. The van der Waals surface area contributed by atoms with Gasteiger partial charge in [-0.05, 0) is 92.5 Å². The van der Waals surface area contributed by atoms with E-state index in [-0.39, 0.29) is 5.91 Å². The van der Waals surface area contributed by atoms with E-state index in [2.05, 4.69) is 11.1 Å². The van der Waals surface area contributed by atoms with Gasteiger partial charge in [0.1, 0.15) is 17.4 Å². The van der Waals surface area contributed by atoms with Crippen molar-refractivity contribution in [3.63, 3.8) is 0 Å². The number of pyridine rings is 1. The number of thiocarbonyl (C=S) groups is 1. The van der Waals surface area contributed by atoms with Gasteiger partial charge in [0.05, 0.1) is 22.9 Å². The van der Waals surface area contributed by atoms with E-state index in [0.717, 1.165) is 16.9 Å². The van der Waals surface area contributed by atoms with Crippen molar-refractivity contribution >= 4 is 40.5 Å². The smallest absolute Gasteiger partial charge is 0.258 e. The summed E-state index contributed by atoms with van der Waals surface area (Å²) in [7, 11) is 0. The predicted octanol–water partition coefficient (Wildman–Crippen LogP) is 5.76. The normalized spacial score (nSPS) is 14.8. The highest BCUT2D eigenvalue weighted by Gasteiger charge is 2.49. The molecule has 2 heterocycles. The maximum Gasteiger partial charge on any atom is 0.258 e. The molecule has 1 aliphatic heterocycles. The molecule has 0 bridgehead atoms. The number of anilines is 1. The molecule has 1 saturated heterocycles. The number of amides is 1. The molecule has 0 radical (unpaired) electrons. The average molecular weight is 505 g/mol. The second kappa shape index (κ2) is 10.0. The van der Waals surface area contributed by atoms with Crippen molar-refractivity contribution in [1.82, 2.24) is 9.88 Å². The minimum atomic E-state index is -0.809. The molecule has 0 aliphatic carbocycles. The Morgan fingerprint density at radius 3 is 2.40 bits per heavy atom. The topological polar surface area (TPSA) is 69.5 Å². The van der Waals surface area contributed by atoms with Crippen LogP contribution < -0.4 is 9.64 Å². The van der Waals surface area contributed by atoms with E-state index in [1.54, 1.807) is 31.5 Å². The van der Waals surface area contributed by atoms with Crippen LogP contribution in [0.4, 0.5) is 5.69 Å². The molecule has 0 spiro atoms. The van der Waals surface area contributed by atoms with Gasteiger partial charge in [-0.1, -0.05) is 23.7 Å². The summed E-state index contributed by atoms with van der Waals surface area (Å²) >= 11 is 12.1. The van der Waals surface area contributed by atoms with Crippen molar-refractivity contribution in [2.24, 2.45) is 0 Å². The van der Waals surface area contributed by atoms with Crippen LogP contribution in [0.1, 0.15) is 31.4 Å². The fraction of sp³-hybridized carbons (Fsp3) is 0.259. The number of carbonyl (C=O) groups excluding carboxylic acids is 1. The standard InChI is InChI=1S/C27H25ClN4O2S/c1-18-23(10-7-21(17-29)24(18)28)32-25(33)27(2,3)31(26(32)35)15-4-16-34-22-8-5-19(6-9-22)20-11-13-30-14-12-20/h5-14H,4,15-16H2,1-3H3. The van der Waals surface area contributed by atoms with Gasteiger partial charge in [-0.3, -0.25) is 14.7 Å². The van der Waals surface area contributed by atoms with Gasteiger partial charge in [-0.15, -0.1) is 0 Å². The number of ether oxygens (including phenoxy) is 1. The van der Waals surface area contributed by atoms with Gasteiger partial charge in [-0.2, -0.15) is 5.26 Å². The zero-order chi connectivity index (χ0) is 25.2. The van der Waals surface area contributed by atoms with E-state index >= 15 is 0 Å². The number of nitrogens with zero attached hydrogens (tertiary/aromatic N) is 4. The molecule has 0 saturated carbocycles. The molecule has 35 heavy (non-hydrogen) atoms. The first-order chi connectivity index (χ1) is 16.8. The van der Waals surface area contributed by atoms with Gasteiger partial charge >= 0.3 is 0 Å². The van der Waals surface area contributed by atoms with Crippen molar-refractivity contribution in [3.8, 4) is 22.9 Å². The quantitative estimate of drug-likeness (QED) is 0.301. The molecule has 1 amide bonds. The van der Waals surface area contributed by atoms with E-state index in [4.69, 9.17) is 28.6 Å². The van der Waals surface area contributed by atoms with E-state index < -0.39 is 5.54 Å². The maximum atomic E-state index is 13.3. The van der Waals surface area contributed by atoms with Crippen molar-refractivity contribution in [3.05, 3.63) is 77.1 Å². The number of rotatable bonds is 7. The van der Waals surface area contributed by atoms with Gasteiger partial charge in [-0.25, -0.2) is 0 Å². The molecule has 1 aliphatic rings. The summed E-state index contributed by atoms with van der Waals surface area (Å²) in [6.07, 6.45) is 4.23. The van der Waals surface area contributed by atoms with Crippen LogP contribution in [-0.4, -0.2) is 39.6 Å². The zero-order valence-electron chi connectivity index (χ0n) is 19.8. The second-order valence-corrected chi connectivity index (χ2v) is 9.52. The van der Waals surface area contributed by atoms with E-state index in [0.29, 0.717) is 46.5 Å². The van der Waals surface area contributed by atoms with Crippen LogP contribution >= 0.6 is 23.8 Å². The van der Waals surface area contributed by atoms with Crippen LogP contribution in [0.3, 0.4) is 0 Å². The number of hydrogen-bond acceptors (Lipinski definition) is 5. The number of nitriles is 1. The number of benzene rings is 2. The minimum absolute atomic E-state index is 0.126. The predicted molar refractivity (Wildman–Crippen MR) is 142 cm³/mol. The minimum Gasteiger partial charge on any atom is -0.494 e. The largest absolute Gasteiger partial charge is 0.494 e. The van der Waals surface area contributed by atoms with E-state index in [9.17, 15) is 10.1 Å². The second-order valence-electron chi connectivity index (χ2n) is 8.78. The molecule has 6 nitrogen and oxygen atoms in total. The van der Waals surface area contributed by atoms with Crippen molar-refractivity contribution in [2.75, 3.05) is 18.1 Å². The van der Waals surface area contributed by atoms with Gasteiger partial charge in [0.2, 0.25) is 0 Å². The Labute approximate surface area is 215 Å². The molecule has 2 aromatic carbocycles. The highest BCUT2D eigenvalue weighted by atomic mass is 35.5. The van der Waals surface area contributed by atoms with Gasteiger partial charge in [0, 0.05) is 18.9 Å². The fourth-order valence-corrected chi connectivity index (χ4v) is 4.83. The number of aromatic nitrogens is 1. The van der Waals surface area contributed by atoms with Crippen LogP contribution in [0.15, 0.2) is 60.9 Å². The summed E-state index contributed by atoms with van der Waals surface area (Å²) in [6, 6.07) is 17.3. The summed E-state index contributed by atoms with van der Waals surface area (Å²) in [5, 5.41) is 9.99. The molecule has 1 aromatic heterocycles. The monoisotopic (exact) mass is 504 g/mol. The Morgan fingerprint density at radius 2 is 1.74 bits per heavy atom. The van der Waals surface area contributed by atoms with Crippen molar-refractivity contribution in [2.45, 2.75) is 32.7 Å². The first kappa shape index (κ1) is 24.6. The third kappa shape index (κ3) is 4.72. The summed E-state index contributed by atoms with van der Waals surface area (Å²) in [5.74, 6) is 0.658. The maximum absolute atomic E-state index is 13.3. The van der Waals surface area contributed by atoms with Crippen LogP contribution in [-0.2, 0) is 4.79 Å². The molecular weight excluding hydrogens is 480 g/mol. The molecule has 178 valence electrons. The lowest BCUT2D eigenvalue weighted by molar-refractivity contribution is -0.123. The van der Waals surface area contributed by atoms with Gasteiger partial charge in [0.25, 0.3) is 5.91 Å². The van der Waals surface area contributed by atoms with E-state index in [1.165, 1.54) is 4.90 Å². The lowest BCUT2D eigenvalue weighted by atomic mass is 10.0. The third-order valence-electron chi connectivity index (χ3n) is 6.21. The molecule has 0 atom stereocenters. The molecule has 4 rings (SSSR count).